The van der Waals surface area contributed by atoms with Gasteiger partial charge in [-0.25, -0.2) is 8.96 Å². The molecule has 0 aliphatic carbocycles. The maximum atomic E-state index is 14.9. The van der Waals surface area contributed by atoms with E-state index < -0.39 is 14.6 Å². The van der Waals surface area contributed by atoms with E-state index in [0.717, 1.165) is 5.69 Å². The van der Waals surface area contributed by atoms with Gasteiger partial charge in [0, 0.05) is 16.5 Å². The first-order valence-corrected chi connectivity index (χ1v) is 8.97. The predicted octanol–water partition coefficient (Wildman–Crippen LogP) is 4.27. The number of phosphoric acid groups is 1. The molecule has 5 nitrogen and oxygen atoms in total. The van der Waals surface area contributed by atoms with Crippen molar-refractivity contribution < 1.29 is 23.3 Å². The van der Waals surface area contributed by atoms with Crippen LogP contribution in [0.1, 0.15) is 51.8 Å². The molecule has 0 atom stereocenters. The lowest BCUT2D eigenvalue weighted by Gasteiger charge is -2.22. The summed E-state index contributed by atoms with van der Waals surface area (Å²) in [5.41, 5.74) is 1.30. The van der Waals surface area contributed by atoms with Crippen molar-refractivity contribution in [2.75, 3.05) is 0 Å². The second kappa shape index (κ2) is 6.02. The van der Waals surface area contributed by atoms with Crippen molar-refractivity contribution in [1.82, 2.24) is 4.57 Å². The van der Waals surface area contributed by atoms with E-state index in [1.54, 1.807) is 6.07 Å². The van der Waals surface area contributed by atoms with E-state index in [1.165, 1.54) is 4.57 Å². The topological polar surface area (TPSA) is 71.7 Å². The molecule has 2 rings (SSSR count). The van der Waals surface area contributed by atoms with Gasteiger partial charge in [0.15, 0.2) is 5.82 Å². The Bertz CT molecular complexity index is 770. The van der Waals surface area contributed by atoms with Gasteiger partial charge in [0.05, 0.1) is 5.52 Å². The molecule has 0 bridgehead atoms. The number of aromatic nitrogens is 1. The largest absolute Gasteiger partial charge is 0.471 e. The van der Waals surface area contributed by atoms with Gasteiger partial charge in [-0.3, -0.25) is 4.52 Å². The van der Waals surface area contributed by atoms with Crippen LogP contribution in [0.2, 0.25) is 0 Å². The number of hydrogen-bond donors (Lipinski definition) is 2. The van der Waals surface area contributed by atoms with Gasteiger partial charge in [0.25, 0.3) is 0 Å². The summed E-state index contributed by atoms with van der Waals surface area (Å²) in [6.07, 6.45) is 0. The SMILES string of the molecule is CC(C)c1ccc2cc(C(C)(C)C)n(COP(=O)(O)O)c2c1F. The van der Waals surface area contributed by atoms with Crippen molar-refractivity contribution in [3.8, 4) is 0 Å². The molecule has 0 fully saturated rings. The number of benzene rings is 1. The molecule has 1 aromatic heterocycles. The molecular formula is C16H23FNO4P. The second-order valence-electron chi connectivity index (χ2n) is 7.02. The summed E-state index contributed by atoms with van der Waals surface area (Å²) in [6.45, 7) is 9.25. The maximum absolute atomic E-state index is 14.9. The zero-order chi connectivity index (χ0) is 17.6. The number of nitrogens with zero attached hydrogens (tertiary/aromatic N) is 1. The number of fused-ring (bicyclic) bond motifs is 1. The van der Waals surface area contributed by atoms with Gasteiger partial charge in [-0.1, -0.05) is 46.8 Å². The third kappa shape index (κ3) is 3.83. The molecular weight excluding hydrogens is 320 g/mol. The molecule has 1 aromatic carbocycles. The Balaban J connectivity index is 2.71. The minimum absolute atomic E-state index is 0.00328. The molecule has 0 aliphatic heterocycles. The zero-order valence-electron chi connectivity index (χ0n) is 14.0. The quantitative estimate of drug-likeness (QED) is 0.813. The van der Waals surface area contributed by atoms with Gasteiger partial charge in [-0.2, -0.15) is 0 Å². The molecule has 0 saturated carbocycles. The second-order valence-corrected chi connectivity index (χ2v) is 8.26. The molecule has 0 amide bonds. The average Bonchev–Trinajstić information content (AvgIpc) is 2.75. The molecule has 0 unspecified atom stereocenters. The fourth-order valence-corrected chi connectivity index (χ4v) is 2.93. The highest BCUT2D eigenvalue weighted by molar-refractivity contribution is 7.46. The Labute approximate surface area is 135 Å². The maximum Gasteiger partial charge on any atom is 0.471 e. The number of phosphoric ester groups is 1. The average molecular weight is 343 g/mol. The number of rotatable bonds is 4. The molecule has 23 heavy (non-hydrogen) atoms. The van der Waals surface area contributed by atoms with Crippen LogP contribution in [-0.2, 0) is 21.2 Å². The number of halogens is 1. The van der Waals surface area contributed by atoms with Crippen molar-refractivity contribution in [2.24, 2.45) is 0 Å². The molecule has 2 aromatic rings. The Morgan fingerprint density at radius 2 is 1.91 bits per heavy atom. The van der Waals surface area contributed by atoms with E-state index in [9.17, 15) is 8.96 Å². The summed E-state index contributed by atoms with van der Waals surface area (Å²) in [5.74, 6) is -0.370. The summed E-state index contributed by atoms with van der Waals surface area (Å²) < 4.78 is 32.1. The lowest BCUT2D eigenvalue weighted by molar-refractivity contribution is 0.152. The summed E-state index contributed by atoms with van der Waals surface area (Å²) in [4.78, 5) is 18.0. The van der Waals surface area contributed by atoms with Crippen LogP contribution in [0.4, 0.5) is 4.39 Å². The Morgan fingerprint density at radius 1 is 1.30 bits per heavy atom. The molecule has 7 heteroatoms. The standard InChI is InChI=1S/C16H23FNO4P/c1-10(2)12-7-6-11-8-13(16(3,4)5)18(15(11)14(12)17)9-22-23(19,20)21/h6-8,10H,9H2,1-5H3,(H2,19,20,21). The van der Waals surface area contributed by atoms with Crippen LogP contribution in [0, 0.1) is 5.82 Å². The van der Waals surface area contributed by atoms with E-state index in [0.29, 0.717) is 16.5 Å². The Hall–Kier alpha value is -1.20. The van der Waals surface area contributed by atoms with Crippen LogP contribution >= 0.6 is 7.82 Å². The highest BCUT2D eigenvalue weighted by Gasteiger charge is 2.25. The third-order valence-electron chi connectivity index (χ3n) is 3.78. The van der Waals surface area contributed by atoms with Gasteiger partial charge in [-0.15, -0.1) is 0 Å². The minimum Gasteiger partial charge on any atom is -0.317 e. The molecule has 0 saturated heterocycles. The highest BCUT2D eigenvalue weighted by atomic mass is 31.2. The summed E-state index contributed by atoms with van der Waals surface area (Å²) in [5, 5.41) is 0.686. The van der Waals surface area contributed by atoms with Crippen molar-refractivity contribution in [3.05, 3.63) is 35.3 Å². The van der Waals surface area contributed by atoms with Gasteiger partial charge in [0.2, 0.25) is 0 Å². The highest BCUT2D eigenvalue weighted by Crippen LogP contribution is 2.39. The smallest absolute Gasteiger partial charge is 0.317 e. The van der Waals surface area contributed by atoms with E-state index >= 15 is 0 Å². The third-order valence-corrected chi connectivity index (χ3v) is 4.23. The number of hydrogen-bond acceptors (Lipinski definition) is 2. The molecule has 0 radical (unpaired) electrons. The van der Waals surface area contributed by atoms with Crippen LogP contribution in [0.15, 0.2) is 18.2 Å². The molecule has 0 aliphatic rings. The lowest BCUT2D eigenvalue weighted by atomic mass is 9.92. The van der Waals surface area contributed by atoms with Crippen LogP contribution < -0.4 is 0 Å². The zero-order valence-corrected chi connectivity index (χ0v) is 14.9. The normalized spacial score (nSPS) is 13.3. The Kier molecular flexibility index (Phi) is 4.75. The Morgan fingerprint density at radius 3 is 2.39 bits per heavy atom. The van der Waals surface area contributed by atoms with Gasteiger partial charge in [-0.05, 0) is 17.5 Å². The van der Waals surface area contributed by atoms with Crippen molar-refractivity contribution in [1.29, 1.82) is 0 Å². The summed E-state index contributed by atoms with van der Waals surface area (Å²) in [7, 11) is -4.65. The van der Waals surface area contributed by atoms with Crippen LogP contribution in [-0.4, -0.2) is 14.4 Å². The molecule has 0 spiro atoms. The molecule has 1 heterocycles. The van der Waals surface area contributed by atoms with Crippen LogP contribution in [0.5, 0.6) is 0 Å². The molecule has 128 valence electrons. The first-order valence-electron chi connectivity index (χ1n) is 7.44. The van der Waals surface area contributed by atoms with Gasteiger partial charge in [0.1, 0.15) is 6.73 Å². The van der Waals surface area contributed by atoms with Crippen molar-refractivity contribution in [3.63, 3.8) is 0 Å². The lowest BCUT2D eigenvalue weighted by Crippen LogP contribution is -2.18. The van der Waals surface area contributed by atoms with Crippen LogP contribution in [0.3, 0.4) is 0 Å². The molecule has 2 N–H and O–H groups in total. The van der Waals surface area contributed by atoms with Crippen molar-refractivity contribution >= 4 is 18.7 Å². The van der Waals surface area contributed by atoms with Crippen LogP contribution in [0.25, 0.3) is 10.9 Å². The van der Waals surface area contributed by atoms with E-state index in [2.05, 4.69) is 4.52 Å². The van der Waals surface area contributed by atoms with E-state index in [4.69, 9.17) is 9.79 Å². The summed E-state index contributed by atoms with van der Waals surface area (Å²) >= 11 is 0. The first-order chi connectivity index (χ1) is 10.4. The van der Waals surface area contributed by atoms with Crippen molar-refractivity contribution in [2.45, 2.75) is 52.7 Å². The fraction of sp³-hybridized carbons (Fsp3) is 0.500. The fourth-order valence-electron chi connectivity index (χ4n) is 2.67. The summed E-state index contributed by atoms with van der Waals surface area (Å²) in [6, 6.07) is 5.42. The minimum atomic E-state index is -4.65. The first kappa shape index (κ1) is 18.1. The monoisotopic (exact) mass is 343 g/mol. The predicted molar refractivity (Wildman–Crippen MR) is 87.8 cm³/mol. The van der Waals surface area contributed by atoms with Gasteiger partial charge < -0.3 is 14.4 Å². The van der Waals surface area contributed by atoms with E-state index in [-0.39, 0.29) is 17.2 Å². The van der Waals surface area contributed by atoms with Gasteiger partial charge >= 0.3 is 7.82 Å². The van der Waals surface area contributed by atoms with E-state index in [1.807, 2.05) is 46.8 Å².